The topological polar surface area (TPSA) is 67.7 Å². The second-order valence-corrected chi connectivity index (χ2v) is 5.70. The summed E-state index contributed by atoms with van der Waals surface area (Å²) in [7, 11) is 0. The molecule has 7 heteroatoms. The summed E-state index contributed by atoms with van der Waals surface area (Å²) in [6.07, 6.45) is 4.22. The highest BCUT2D eigenvalue weighted by Gasteiger charge is 2.21. The third kappa shape index (κ3) is 5.35. The molecule has 7 nitrogen and oxygen atoms in total. The van der Waals surface area contributed by atoms with Gasteiger partial charge in [-0.05, 0) is 13.8 Å². The van der Waals surface area contributed by atoms with Gasteiger partial charge in [0.15, 0.2) is 0 Å². The molecule has 0 atom stereocenters. The lowest BCUT2D eigenvalue weighted by molar-refractivity contribution is -0.146. The van der Waals surface area contributed by atoms with Crippen LogP contribution < -0.4 is 0 Å². The van der Waals surface area contributed by atoms with Gasteiger partial charge in [-0.1, -0.05) is 0 Å². The number of ether oxygens (including phenoxy) is 1. The number of esters is 1. The van der Waals surface area contributed by atoms with Crippen molar-refractivity contribution in [3.8, 4) is 0 Å². The molecular weight excluding hydrogens is 296 g/mol. The van der Waals surface area contributed by atoms with Crippen LogP contribution in [0.25, 0.3) is 0 Å². The number of carbonyl (C=O) groups is 2. The molecule has 1 saturated heterocycles. The molecule has 0 saturated carbocycles. The average Bonchev–Trinajstić information content (AvgIpc) is 2.96. The molecule has 1 aromatic heterocycles. The summed E-state index contributed by atoms with van der Waals surface area (Å²) < 4.78 is 6.98. The molecule has 1 aliphatic heterocycles. The Morgan fingerprint density at radius 1 is 1.17 bits per heavy atom. The number of imidazole rings is 1. The minimum Gasteiger partial charge on any atom is -0.466 e. The Kier molecular flexibility index (Phi) is 6.58. The zero-order chi connectivity index (χ0) is 16.7. The molecule has 1 aliphatic rings. The van der Waals surface area contributed by atoms with Gasteiger partial charge in [0.2, 0.25) is 5.91 Å². The maximum atomic E-state index is 12.1. The maximum Gasteiger partial charge on any atom is 0.306 e. The fraction of sp³-hybridized carbons (Fsp3) is 0.688. The minimum absolute atomic E-state index is 0.0446. The van der Waals surface area contributed by atoms with Gasteiger partial charge in [0.25, 0.3) is 0 Å². The van der Waals surface area contributed by atoms with Crippen molar-refractivity contribution in [2.75, 3.05) is 39.3 Å². The lowest BCUT2D eigenvalue weighted by Crippen LogP contribution is -2.49. The van der Waals surface area contributed by atoms with Crippen LogP contribution in [-0.4, -0.2) is 70.6 Å². The van der Waals surface area contributed by atoms with Crippen LogP contribution in [0.1, 0.15) is 25.6 Å². The number of aryl methyl sites for hydroxylation is 1. The Morgan fingerprint density at radius 3 is 2.52 bits per heavy atom. The number of hydrogen-bond acceptors (Lipinski definition) is 5. The van der Waals surface area contributed by atoms with Crippen molar-refractivity contribution in [1.82, 2.24) is 19.4 Å². The number of amides is 1. The van der Waals surface area contributed by atoms with Crippen LogP contribution >= 0.6 is 0 Å². The second-order valence-electron chi connectivity index (χ2n) is 5.70. The smallest absolute Gasteiger partial charge is 0.306 e. The highest BCUT2D eigenvalue weighted by molar-refractivity contribution is 5.81. The molecule has 0 N–H and O–H groups in total. The van der Waals surface area contributed by atoms with E-state index in [4.69, 9.17) is 4.74 Å². The average molecular weight is 322 g/mol. The van der Waals surface area contributed by atoms with Gasteiger partial charge < -0.3 is 14.2 Å². The largest absolute Gasteiger partial charge is 0.466 e. The SMILES string of the molecule is CCOC(=O)CCC(=O)N1CCN(CCn2ccnc2C)CC1. The molecular formula is C16H26N4O3. The summed E-state index contributed by atoms with van der Waals surface area (Å²) in [5, 5.41) is 0. The minimum atomic E-state index is -0.296. The number of hydrogen-bond donors (Lipinski definition) is 0. The molecule has 1 amide bonds. The molecule has 2 heterocycles. The predicted octanol–water partition coefficient (Wildman–Crippen LogP) is 0.679. The van der Waals surface area contributed by atoms with Crippen molar-refractivity contribution in [2.24, 2.45) is 0 Å². The van der Waals surface area contributed by atoms with Gasteiger partial charge in [-0.25, -0.2) is 4.98 Å². The second kappa shape index (κ2) is 8.67. The number of rotatable bonds is 7. The molecule has 0 aromatic carbocycles. The monoisotopic (exact) mass is 322 g/mol. The van der Waals surface area contributed by atoms with Crippen molar-refractivity contribution < 1.29 is 14.3 Å². The molecule has 1 fully saturated rings. The van der Waals surface area contributed by atoms with Crippen LogP contribution in [0.4, 0.5) is 0 Å². The van der Waals surface area contributed by atoms with E-state index in [-0.39, 0.29) is 24.7 Å². The van der Waals surface area contributed by atoms with Gasteiger partial charge in [-0.15, -0.1) is 0 Å². The number of piperazine rings is 1. The Bertz CT molecular complexity index is 521. The normalized spacial score (nSPS) is 15.7. The summed E-state index contributed by atoms with van der Waals surface area (Å²) in [4.78, 5) is 31.8. The number of nitrogens with zero attached hydrogens (tertiary/aromatic N) is 4. The van der Waals surface area contributed by atoms with E-state index in [2.05, 4.69) is 14.5 Å². The van der Waals surface area contributed by atoms with Crippen LogP contribution in [-0.2, 0) is 20.9 Å². The molecule has 128 valence electrons. The van der Waals surface area contributed by atoms with Crippen LogP contribution in [0.2, 0.25) is 0 Å². The van der Waals surface area contributed by atoms with Crippen LogP contribution in [0.15, 0.2) is 12.4 Å². The van der Waals surface area contributed by atoms with Crippen LogP contribution in [0, 0.1) is 6.92 Å². The third-order valence-corrected chi connectivity index (χ3v) is 4.15. The lowest BCUT2D eigenvalue weighted by atomic mass is 10.2. The standard InChI is InChI=1S/C16H26N4O3/c1-3-23-16(22)5-4-15(21)20-12-9-18(10-13-20)8-11-19-7-6-17-14(19)2/h6-7H,3-5,8-13H2,1-2H3. The van der Waals surface area contributed by atoms with E-state index >= 15 is 0 Å². The van der Waals surface area contributed by atoms with Gasteiger partial charge in [0, 0.05) is 58.1 Å². The zero-order valence-corrected chi connectivity index (χ0v) is 14.0. The van der Waals surface area contributed by atoms with E-state index in [9.17, 15) is 9.59 Å². The van der Waals surface area contributed by atoms with Gasteiger partial charge in [-0.2, -0.15) is 0 Å². The molecule has 0 unspecified atom stereocenters. The summed E-state index contributed by atoms with van der Waals surface area (Å²) in [5.74, 6) is 0.774. The third-order valence-electron chi connectivity index (χ3n) is 4.15. The summed E-state index contributed by atoms with van der Waals surface area (Å²) in [6.45, 7) is 9.21. The molecule has 0 radical (unpaired) electrons. The predicted molar refractivity (Wildman–Crippen MR) is 85.9 cm³/mol. The molecule has 1 aromatic rings. The van der Waals surface area contributed by atoms with Gasteiger partial charge in [0.1, 0.15) is 5.82 Å². The number of aromatic nitrogens is 2. The van der Waals surface area contributed by atoms with Gasteiger partial charge in [0.05, 0.1) is 13.0 Å². The molecule has 2 rings (SSSR count). The van der Waals surface area contributed by atoms with Crippen molar-refractivity contribution in [3.63, 3.8) is 0 Å². The van der Waals surface area contributed by atoms with E-state index in [0.29, 0.717) is 6.61 Å². The van der Waals surface area contributed by atoms with E-state index in [1.54, 1.807) is 6.92 Å². The Morgan fingerprint density at radius 2 is 1.91 bits per heavy atom. The van der Waals surface area contributed by atoms with E-state index in [0.717, 1.165) is 45.1 Å². The highest BCUT2D eigenvalue weighted by atomic mass is 16.5. The van der Waals surface area contributed by atoms with E-state index in [1.807, 2.05) is 24.2 Å². The van der Waals surface area contributed by atoms with E-state index in [1.165, 1.54) is 0 Å². The molecule has 0 aliphatic carbocycles. The fourth-order valence-corrected chi connectivity index (χ4v) is 2.71. The first-order valence-corrected chi connectivity index (χ1v) is 8.23. The number of carbonyl (C=O) groups excluding carboxylic acids is 2. The lowest BCUT2D eigenvalue weighted by Gasteiger charge is -2.34. The van der Waals surface area contributed by atoms with Crippen molar-refractivity contribution >= 4 is 11.9 Å². The maximum absolute atomic E-state index is 12.1. The van der Waals surface area contributed by atoms with Crippen molar-refractivity contribution in [2.45, 2.75) is 33.2 Å². The Labute approximate surface area is 137 Å². The summed E-state index contributed by atoms with van der Waals surface area (Å²) >= 11 is 0. The van der Waals surface area contributed by atoms with Gasteiger partial charge >= 0.3 is 5.97 Å². The van der Waals surface area contributed by atoms with Crippen molar-refractivity contribution in [1.29, 1.82) is 0 Å². The Balaban J connectivity index is 1.66. The molecule has 23 heavy (non-hydrogen) atoms. The zero-order valence-electron chi connectivity index (χ0n) is 14.0. The fourth-order valence-electron chi connectivity index (χ4n) is 2.71. The highest BCUT2D eigenvalue weighted by Crippen LogP contribution is 2.06. The first kappa shape index (κ1) is 17.5. The quantitative estimate of drug-likeness (QED) is 0.691. The molecule has 0 bridgehead atoms. The van der Waals surface area contributed by atoms with E-state index < -0.39 is 0 Å². The summed E-state index contributed by atoms with van der Waals surface area (Å²) in [5.41, 5.74) is 0. The summed E-state index contributed by atoms with van der Waals surface area (Å²) in [6, 6.07) is 0. The van der Waals surface area contributed by atoms with Crippen LogP contribution in [0.3, 0.4) is 0 Å². The van der Waals surface area contributed by atoms with Gasteiger partial charge in [-0.3, -0.25) is 14.5 Å². The van der Waals surface area contributed by atoms with Crippen molar-refractivity contribution in [3.05, 3.63) is 18.2 Å². The Hall–Kier alpha value is -1.89. The van der Waals surface area contributed by atoms with Crippen LogP contribution in [0.5, 0.6) is 0 Å². The first-order valence-electron chi connectivity index (χ1n) is 8.23. The first-order chi connectivity index (χ1) is 11.1. The molecule has 0 spiro atoms.